The standard InChI is InChI=1S/2C54H34N2S/c1-3-13-35(14-4-1)37-17-11-19-41(31-37)55-49-23-9-7-21-43(49)47-33-39(25-29-50(47)55)40-26-30-51-48(34-40)45-27-28-46-44-22-8-10-24-52(44)57-54(46)53(45)56(51)42-20-12-18-38(32-42)36-15-5-2-6-16-36;1-3-13-35(14-4-1)37-17-11-19-41(31-37)55-48-23-9-7-21-43(48)46-33-39(25-28-49(46)55)40-26-29-50-47(34-40)53-51(30-27-45-44-22-8-10-24-52(44)57-54(45)53)56(50)42-20-12-18-38(32-42)36-15-5-2-6-16-36/h2*1-34H. The SMILES string of the molecule is c1ccc(-c2cccc(-n3c4ccccc4c4cc(-c5ccc6c(c5)c5c7sc8ccccc8c7ccc5n6-c5cccc(-c6ccccc6)c5)ccc43)c2)cc1.c1ccc(-c2cccc(-n3c4ccccc4c4cc(-c5ccc6c(c5)c5ccc7c8ccccc8sc7c5n6-c5cccc(-c6ccccc6)c5)ccc43)c2)cc1. The predicted molar refractivity (Wildman–Crippen MR) is 489 cm³/mol. The second-order valence-corrected chi connectivity index (χ2v) is 31.9. The third-order valence-corrected chi connectivity index (χ3v) is 25.8. The Morgan fingerprint density at radius 3 is 0.868 bits per heavy atom. The first-order chi connectivity index (χ1) is 56.5. The third kappa shape index (κ3) is 10.7. The average molecular weight is 1490 g/mol. The molecule has 0 aliphatic rings. The second-order valence-electron chi connectivity index (χ2n) is 29.8. The topological polar surface area (TPSA) is 19.7 Å². The minimum atomic E-state index is 1.16. The van der Waals surface area contributed by atoms with Gasteiger partial charge in [0.1, 0.15) is 0 Å². The van der Waals surface area contributed by atoms with Crippen molar-refractivity contribution in [3.8, 4) is 89.5 Å². The highest BCUT2D eigenvalue weighted by molar-refractivity contribution is 7.27. The molecule has 0 N–H and O–H groups in total. The van der Waals surface area contributed by atoms with Crippen LogP contribution in [-0.2, 0) is 0 Å². The smallest absolute Gasteiger partial charge is 0.0719 e. The number of thiophene rings is 2. The Balaban J connectivity index is 0.000000135. The second kappa shape index (κ2) is 26.7. The fourth-order valence-electron chi connectivity index (χ4n) is 18.2. The highest BCUT2D eigenvalue weighted by Gasteiger charge is 2.24. The molecule has 0 bridgehead atoms. The van der Waals surface area contributed by atoms with Crippen LogP contribution in [0.1, 0.15) is 0 Å². The molecule has 0 aliphatic carbocycles. The molecule has 0 amide bonds. The molecule has 0 unspecified atom stereocenters. The van der Waals surface area contributed by atoms with Crippen LogP contribution in [0.25, 0.3) is 217 Å². The zero-order valence-electron chi connectivity index (χ0n) is 61.9. The van der Waals surface area contributed by atoms with Crippen LogP contribution in [0.4, 0.5) is 0 Å². The first-order valence-electron chi connectivity index (χ1n) is 39.0. The summed E-state index contributed by atoms with van der Waals surface area (Å²) in [4.78, 5) is 0. The van der Waals surface area contributed by atoms with Gasteiger partial charge in [0, 0.05) is 101 Å². The third-order valence-electron chi connectivity index (χ3n) is 23.4. The molecule has 0 aliphatic heterocycles. The molecule has 18 aromatic carbocycles. The van der Waals surface area contributed by atoms with Gasteiger partial charge in [-0.1, -0.05) is 285 Å². The van der Waals surface area contributed by atoms with Crippen molar-refractivity contribution < 1.29 is 0 Å². The van der Waals surface area contributed by atoms with E-state index in [2.05, 4.69) is 431 Å². The Hall–Kier alpha value is -14.4. The zero-order valence-corrected chi connectivity index (χ0v) is 63.5. The van der Waals surface area contributed by atoms with Gasteiger partial charge in [0.05, 0.1) is 48.8 Å². The lowest BCUT2D eigenvalue weighted by Crippen LogP contribution is -1.95. The first-order valence-corrected chi connectivity index (χ1v) is 40.6. The highest BCUT2D eigenvalue weighted by atomic mass is 32.1. The molecular weight excluding hydrogens is 1420 g/mol. The quantitative estimate of drug-likeness (QED) is 0.130. The van der Waals surface area contributed by atoms with E-state index in [1.165, 1.54) is 200 Å². The van der Waals surface area contributed by atoms with Crippen LogP contribution >= 0.6 is 22.7 Å². The summed E-state index contributed by atoms with van der Waals surface area (Å²) in [7, 11) is 0. The molecule has 0 fully saturated rings. The van der Waals surface area contributed by atoms with Crippen LogP contribution in [0.5, 0.6) is 0 Å². The van der Waals surface area contributed by atoms with Crippen LogP contribution in [0, 0.1) is 0 Å². The average Bonchev–Trinajstić information content (AvgIpc) is 1.56. The molecule has 4 nitrogen and oxygen atoms in total. The van der Waals surface area contributed by atoms with E-state index in [9.17, 15) is 0 Å². The summed E-state index contributed by atoms with van der Waals surface area (Å²) >= 11 is 3.80. The Morgan fingerprint density at radius 2 is 0.430 bits per heavy atom. The van der Waals surface area contributed by atoms with Gasteiger partial charge in [-0.05, 0) is 194 Å². The first kappa shape index (κ1) is 65.5. The number of hydrogen-bond acceptors (Lipinski definition) is 2. The minimum Gasteiger partial charge on any atom is -0.309 e. The monoisotopic (exact) mass is 1480 g/mol. The molecule has 0 spiro atoms. The summed E-state index contributed by atoms with van der Waals surface area (Å²) in [5, 5.41) is 15.4. The van der Waals surface area contributed by atoms with Crippen molar-refractivity contribution in [3.63, 3.8) is 0 Å². The Bertz CT molecular complexity index is 7960. The van der Waals surface area contributed by atoms with Gasteiger partial charge in [-0.25, -0.2) is 0 Å². The van der Waals surface area contributed by atoms with Gasteiger partial charge in [0.15, 0.2) is 0 Å². The molecule has 24 aromatic rings. The molecule has 0 atom stereocenters. The van der Waals surface area contributed by atoms with Crippen LogP contribution < -0.4 is 0 Å². The van der Waals surface area contributed by atoms with Crippen molar-refractivity contribution in [2.45, 2.75) is 0 Å². The maximum Gasteiger partial charge on any atom is 0.0719 e. The zero-order chi connectivity index (χ0) is 74.9. The maximum atomic E-state index is 2.50. The predicted octanol–water partition coefficient (Wildman–Crippen LogP) is 30.5. The minimum absolute atomic E-state index is 1.16. The number of aromatic nitrogens is 4. The van der Waals surface area contributed by atoms with Gasteiger partial charge >= 0.3 is 0 Å². The van der Waals surface area contributed by atoms with Gasteiger partial charge in [-0.15, -0.1) is 22.7 Å². The maximum absolute atomic E-state index is 2.50. The van der Waals surface area contributed by atoms with E-state index in [0.29, 0.717) is 0 Å². The van der Waals surface area contributed by atoms with Crippen molar-refractivity contribution in [3.05, 3.63) is 413 Å². The molecule has 0 saturated carbocycles. The highest BCUT2D eigenvalue weighted by Crippen LogP contribution is 2.48. The van der Waals surface area contributed by atoms with Gasteiger partial charge in [0.25, 0.3) is 0 Å². The van der Waals surface area contributed by atoms with E-state index in [0.717, 1.165) is 17.1 Å². The van der Waals surface area contributed by atoms with E-state index >= 15 is 0 Å². The van der Waals surface area contributed by atoms with E-state index in [4.69, 9.17) is 0 Å². The fourth-order valence-corrected chi connectivity index (χ4v) is 20.7. The van der Waals surface area contributed by atoms with Crippen molar-refractivity contribution in [1.82, 2.24) is 18.3 Å². The number of rotatable bonds is 10. The van der Waals surface area contributed by atoms with Gasteiger partial charge < -0.3 is 18.3 Å². The summed E-state index contributed by atoms with van der Waals surface area (Å²) in [6.45, 7) is 0. The molecule has 24 rings (SSSR count). The van der Waals surface area contributed by atoms with Crippen molar-refractivity contribution in [2.75, 3.05) is 0 Å². The number of fused-ring (bicyclic) bond motifs is 20. The fraction of sp³-hybridized carbons (Fsp3) is 0. The summed E-state index contributed by atoms with van der Waals surface area (Å²) in [6, 6.07) is 151. The van der Waals surface area contributed by atoms with E-state index in [1.54, 1.807) is 0 Å². The van der Waals surface area contributed by atoms with Crippen LogP contribution in [0.15, 0.2) is 413 Å². The molecule has 6 heterocycles. The molecule has 532 valence electrons. The van der Waals surface area contributed by atoms with E-state index < -0.39 is 0 Å². The summed E-state index contributed by atoms with van der Waals surface area (Å²) < 4.78 is 15.1. The largest absolute Gasteiger partial charge is 0.309 e. The summed E-state index contributed by atoms with van der Waals surface area (Å²) in [6.07, 6.45) is 0. The Kier molecular flexibility index (Phi) is 15.3. The lowest BCUT2D eigenvalue weighted by Gasteiger charge is -2.12. The summed E-state index contributed by atoms with van der Waals surface area (Å²) in [5.41, 5.74) is 28.9. The normalized spacial score (nSPS) is 11.9. The number of hydrogen-bond donors (Lipinski definition) is 0. The lowest BCUT2D eigenvalue weighted by molar-refractivity contribution is 1.18. The number of para-hydroxylation sites is 2. The van der Waals surface area contributed by atoms with Crippen LogP contribution in [0.3, 0.4) is 0 Å². The van der Waals surface area contributed by atoms with Crippen molar-refractivity contribution >= 4 is 150 Å². The Labute approximate surface area is 665 Å². The van der Waals surface area contributed by atoms with Crippen LogP contribution in [-0.4, -0.2) is 18.3 Å². The molecule has 0 radical (unpaired) electrons. The van der Waals surface area contributed by atoms with Gasteiger partial charge in [-0.2, -0.15) is 0 Å². The van der Waals surface area contributed by atoms with Crippen molar-refractivity contribution in [1.29, 1.82) is 0 Å². The molecule has 114 heavy (non-hydrogen) atoms. The number of nitrogens with zero attached hydrogens (tertiary/aromatic N) is 4. The van der Waals surface area contributed by atoms with Gasteiger partial charge in [0.2, 0.25) is 0 Å². The van der Waals surface area contributed by atoms with E-state index in [1.807, 2.05) is 22.7 Å². The van der Waals surface area contributed by atoms with Crippen molar-refractivity contribution in [2.24, 2.45) is 0 Å². The van der Waals surface area contributed by atoms with Crippen LogP contribution in [0.2, 0.25) is 0 Å². The molecule has 0 saturated heterocycles. The van der Waals surface area contributed by atoms with Gasteiger partial charge in [-0.3, -0.25) is 0 Å². The van der Waals surface area contributed by atoms with E-state index in [-0.39, 0.29) is 0 Å². The molecular formula is C108H68N4S2. The molecule has 6 aromatic heterocycles. The summed E-state index contributed by atoms with van der Waals surface area (Å²) in [5.74, 6) is 0. The Morgan fingerprint density at radius 1 is 0.149 bits per heavy atom. The lowest BCUT2D eigenvalue weighted by atomic mass is 10.00. The molecule has 6 heteroatoms. The number of benzene rings is 18.